The van der Waals surface area contributed by atoms with E-state index in [1.807, 2.05) is 0 Å². The lowest BCUT2D eigenvalue weighted by Gasteiger charge is -2.36. The maximum absolute atomic E-state index is 3.56. The van der Waals surface area contributed by atoms with Crippen LogP contribution in [0.1, 0.15) is 34.1 Å². The molecule has 11 heavy (non-hydrogen) atoms. The van der Waals surface area contributed by atoms with E-state index in [1.165, 1.54) is 13.0 Å². The van der Waals surface area contributed by atoms with Crippen molar-refractivity contribution >= 4 is 0 Å². The van der Waals surface area contributed by atoms with Crippen molar-refractivity contribution < 1.29 is 0 Å². The Bertz CT molecular complexity index is 120. The highest BCUT2D eigenvalue weighted by molar-refractivity contribution is 4.82. The summed E-state index contributed by atoms with van der Waals surface area (Å²) in [5, 5.41) is 3.56. The summed E-state index contributed by atoms with van der Waals surface area (Å²) in [5.74, 6) is 2.60. The van der Waals surface area contributed by atoms with E-state index in [-0.39, 0.29) is 0 Å². The molecule has 0 aromatic rings. The zero-order valence-corrected chi connectivity index (χ0v) is 8.22. The van der Waals surface area contributed by atoms with Crippen LogP contribution >= 0.6 is 0 Å². The molecule has 3 atom stereocenters. The van der Waals surface area contributed by atoms with Crippen LogP contribution in [0, 0.1) is 17.8 Å². The fourth-order valence-electron chi connectivity index (χ4n) is 2.14. The Hall–Kier alpha value is -0.0400. The summed E-state index contributed by atoms with van der Waals surface area (Å²) in [6, 6.07) is 0.728. The Balaban J connectivity index is 2.47. The standard InChI is InChI=1S/C10H21N/c1-7(2)10-5-8(3)6-11-9(10)4/h7-11H,5-6H2,1-4H3. The second kappa shape index (κ2) is 3.57. The molecule has 1 aliphatic rings. The first kappa shape index (κ1) is 9.05. The van der Waals surface area contributed by atoms with Crippen molar-refractivity contribution in [3.63, 3.8) is 0 Å². The van der Waals surface area contributed by atoms with Gasteiger partial charge in [-0.05, 0) is 37.6 Å². The molecular weight excluding hydrogens is 134 g/mol. The first-order chi connectivity index (χ1) is 5.11. The van der Waals surface area contributed by atoms with E-state index in [0.717, 1.165) is 23.8 Å². The van der Waals surface area contributed by atoms with Crippen molar-refractivity contribution in [2.75, 3.05) is 6.54 Å². The lowest BCUT2D eigenvalue weighted by molar-refractivity contribution is 0.189. The molecule has 1 rings (SSSR count). The van der Waals surface area contributed by atoms with Gasteiger partial charge in [0.1, 0.15) is 0 Å². The van der Waals surface area contributed by atoms with E-state index in [2.05, 4.69) is 33.0 Å². The van der Waals surface area contributed by atoms with Gasteiger partial charge in [0.05, 0.1) is 0 Å². The normalized spacial score (nSPS) is 39.5. The fraction of sp³-hybridized carbons (Fsp3) is 1.00. The summed E-state index contributed by atoms with van der Waals surface area (Å²) >= 11 is 0. The quantitative estimate of drug-likeness (QED) is 0.612. The van der Waals surface area contributed by atoms with E-state index in [0.29, 0.717) is 0 Å². The van der Waals surface area contributed by atoms with Crippen molar-refractivity contribution in [1.82, 2.24) is 5.32 Å². The summed E-state index contributed by atoms with van der Waals surface area (Å²) in [7, 11) is 0. The molecule has 3 unspecified atom stereocenters. The van der Waals surface area contributed by atoms with Gasteiger partial charge in [-0.1, -0.05) is 20.8 Å². The van der Waals surface area contributed by atoms with Gasteiger partial charge in [-0.15, -0.1) is 0 Å². The molecule has 66 valence electrons. The van der Waals surface area contributed by atoms with Crippen LogP contribution in [0.3, 0.4) is 0 Å². The molecule has 1 N–H and O–H groups in total. The van der Waals surface area contributed by atoms with Crippen LogP contribution in [0.5, 0.6) is 0 Å². The van der Waals surface area contributed by atoms with Gasteiger partial charge in [-0.2, -0.15) is 0 Å². The highest BCUT2D eigenvalue weighted by Crippen LogP contribution is 2.26. The molecule has 1 fully saturated rings. The Morgan fingerprint density at radius 1 is 1.27 bits per heavy atom. The summed E-state index contributed by atoms with van der Waals surface area (Å²) in [6.45, 7) is 10.5. The maximum Gasteiger partial charge on any atom is 0.00696 e. The third kappa shape index (κ3) is 2.19. The van der Waals surface area contributed by atoms with Gasteiger partial charge in [-0.3, -0.25) is 0 Å². The van der Waals surface area contributed by atoms with Crippen LogP contribution in [0.25, 0.3) is 0 Å². The number of nitrogens with one attached hydrogen (secondary N) is 1. The molecule has 0 amide bonds. The zero-order valence-electron chi connectivity index (χ0n) is 8.22. The smallest absolute Gasteiger partial charge is 0.00696 e. The number of hydrogen-bond donors (Lipinski definition) is 1. The lowest BCUT2D eigenvalue weighted by atomic mass is 9.79. The van der Waals surface area contributed by atoms with E-state index in [1.54, 1.807) is 0 Å². The zero-order chi connectivity index (χ0) is 8.43. The molecule has 1 nitrogen and oxygen atoms in total. The predicted octanol–water partition coefficient (Wildman–Crippen LogP) is 2.28. The average molecular weight is 155 g/mol. The number of hydrogen-bond acceptors (Lipinski definition) is 1. The maximum atomic E-state index is 3.56. The van der Waals surface area contributed by atoms with Crippen molar-refractivity contribution in [2.24, 2.45) is 17.8 Å². The van der Waals surface area contributed by atoms with E-state index >= 15 is 0 Å². The lowest BCUT2D eigenvalue weighted by Crippen LogP contribution is -2.44. The van der Waals surface area contributed by atoms with Crippen molar-refractivity contribution in [1.29, 1.82) is 0 Å². The van der Waals surface area contributed by atoms with Gasteiger partial charge in [0.25, 0.3) is 0 Å². The monoisotopic (exact) mass is 155 g/mol. The van der Waals surface area contributed by atoms with Crippen molar-refractivity contribution in [3.8, 4) is 0 Å². The van der Waals surface area contributed by atoms with E-state index < -0.39 is 0 Å². The van der Waals surface area contributed by atoms with Gasteiger partial charge in [0.2, 0.25) is 0 Å². The minimum atomic E-state index is 0.728. The third-order valence-electron chi connectivity index (χ3n) is 2.96. The second-order valence-electron chi connectivity index (χ2n) is 4.45. The second-order valence-corrected chi connectivity index (χ2v) is 4.45. The average Bonchev–Trinajstić information content (AvgIpc) is 1.94. The molecule has 0 spiro atoms. The summed E-state index contributed by atoms with van der Waals surface area (Å²) in [6.07, 6.45) is 1.41. The molecule has 1 aliphatic heterocycles. The van der Waals surface area contributed by atoms with Crippen LogP contribution in [0.4, 0.5) is 0 Å². The molecule has 0 aromatic carbocycles. The van der Waals surface area contributed by atoms with Gasteiger partial charge in [0.15, 0.2) is 0 Å². The molecule has 0 bridgehead atoms. The van der Waals surface area contributed by atoms with Crippen LogP contribution in [-0.2, 0) is 0 Å². The van der Waals surface area contributed by atoms with Crippen LogP contribution < -0.4 is 5.32 Å². The number of piperidine rings is 1. The van der Waals surface area contributed by atoms with E-state index in [9.17, 15) is 0 Å². The minimum Gasteiger partial charge on any atom is -0.314 e. The molecule has 1 heterocycles. The van der Waals surface area contributed by atoms with Gasteiger partial charge in [-0.25, -0.2) is 0 Å². The fourth-order valence-corrected chi connectivity index (χ4v) is 2.14. The summed E-state index contributed by atoms with van der Waals surface area (Å²) < 4.78 is 0. The molecule has 0 saturated carbocycles. The highest BCUT2D eigenvalue weighted by atomic mass is 14.9. The SMILES string of the molecule is CC1CNC(C)C(C(C)C)C1. The summed E-state index contributed by atoms with van der Waals surface area (Å²) in [5.41, 5.74) is 0. The van der Waals surface area contributed by atoms with Crippen LogP contribution in [0.2, 0.25) is 0 Å². The topological polar surface area (TPSA) is 12.0 Å². The van der Waals surface area contributed by atoms with Crippen LogP contribution in [-0.4, -0.2) is 12.6 Å². The molecular formula is C10H21N. The Labute approximate surface area is 70.6 Å². The predicted molar refractivity (Wildman–Crippen MR) is 49.6 cm³/mol. The Morgan fingerprint density at radius 3 is 2.36 bits per heavy atom. The van der Waals surface area contributed by atoms with Crippen LogP contribution in [0.15, 0.2) is 0 Å². The first-order valence-electron chi connectivity index (χ1n) is 4.84. The molecule has 0 radical (unpaired) electrons. The Kier molecular flexibility index (Phi) is 2.94. The largest absolute Gasteiger partial charge is 0.314 e. The Morgan fingerprint density at radius 2 is 1.91 bits per heavy atom. The molecule has 1 heteroatoms. The third-order valence-corrected chi connectivity index (χ3v) is 2.96. The molecule has 0 aromatic heterocycles. The minimum absolute atomic E-state index is 0.728. The van der Waals surface area contributed by atoms with Crippen molar-refractivity contribution in [2.45, 2.75) is 40.2 Å². The van der Waals surface area contributed by atoms with Crippen molar-refractivity contribution in [3.05, 3.63) is 0 Å². The van der Waals surface area contributed by atoms with Gasteiger partial charge >= 0.3 is 0 Å². The number of rotatable bonds is 1. The first-order valence-corrected chi connectivity index (χ1v) is 4.84. The molecule has 0 aliphatic carbocycles. The summed E-state index contributed by atoms with van der Waals surface area (Å²) in [4.78, 5) is 0. The van der Waals surface area contributed by atoms with Gasteiger partial charge < -0.3 is 5.32 Å². The molecule has 1 saturated heterocycles. The van der Waals surface area contributed by atoms with E-state index in [4.69, 9.17) is 0 Å². The van der Waals surface area contributed by atoms with Gasteiger partial charge in [0, 0.05) is 6.04 Å². The highest BCUT2D eigenvalue weighted by Gasteiger charge is 2.26.